The van der Waals surface area contributed by atoms with Gasteiger partial charge in [-0.3, -0.25) is 4.79 Å². The lowest BCUT2D eigenvalue weighted by atomic mass is 10.1. The normalized spacial score (nSPS) is 11.7. The lowest BCUT2D eigenvalue weighted by Crippen LogP contribution is -2.18. The lowest BCUT2D eigenvalue weighted by molar-refractivity contribution is -0.109. The molecule has 0 heterocycles. The highest BCUT2D eigenvalue weighted by Crippen LogP contribution is 2.35. The van der Waals surface area contributed by atoms with E-state index in [1.807, 2.05) is 24.5 Å². The molecule has 1 aromatic carbocycles. The van der Waals surface area contributed by atoms with Crippen LogP contribution in [0.5, 0.6) is 11.5 Å². The van der Waals surface area contributed by atoms with Crippen LogP contribution in [0, 0.1) is 0 Å². The van der Waals surface area contributed by atoms with Crippen LogP contribution < -0.4 is 14.8 Å². The predicted molar refractivity (Wildman–Crippen MR) is 69.9 cm³/mol. The van der Waals surface area contributed by atoms with Crippen molar-refractivity contribution >= 4 is 18.2 Å². The molecule has 94 valence electrons. The third kappa shape index (κ3) is 3.56. The van der Waals surface area contributed by atoms with E-state index in [2.05, 4.69) is 5.32 Å². The zero-order chi connectivity index (χ0) is 12.7. The molecule has 0 fully saturated rings. The average molecular weight is 255 g/mol. The second-order valence-electron chi connectivity index (χ2n) is 3.36. The highest BCUT2D eigenvalue weighted by Gasteiger charge is 2.15. The Bertz CT molecular complexity index is 371. The molecule has 1 aromatic rings. The number of benzene rings is 1. The first kappa shape index (κ1) is 13.7. The molecule has 0 aliphatic heterocycles. The average Bonchev–Trinajstić information content (AvgIpc) is 2.39. The molecule has 0 aliphatic rings. The number of amides is 1. The van der Waals surface area contributed by atoms with Crippen LogP contribution in [0.4, 0.5) is 0 Å². The van der Waals surface area contributed by atoms with Crippen molar-refractivity contribution in [3.05, 3.63) is 23.8 Å². The summed E-state index contributed by atoms with van der Waals surface area (Å²) in [4.78, 5) is 10.4. The molecule has 0 saturated carbocycles. The Morgan fingerprint density at radius 3 is 2.71 bits per heavy atom. The molecule has 0 spiro atoms. The Hall–Kier alpha value is -1.36. The number of carbonyl (C=O) groups is 1. The fraction of sp³-hybridized carbons (Fsp3) is 0.417. The van der Waals surface area contributed by atoms with Gasteiger partial charge in [0.05, 0.1) is 19.5 Å². The van der Waals surface area contributed by atoms with Crippen LogP contribution in [0.15, 0.2) is 18.2 Å². The lowest BCUT2D eigenvalue weighted by Gasteiger charge is -2.18. The topological polar surface area (TPSA) is 47.6 Å². The largest absolute Gasteiger partial charge is 0.497 e. The molecular formula is C12H17NO3S. The van der Waals surface area contributed by atoms with Gasteiger partial charge in [0.15, 0.2) is 0 Å². The van der Waals surface area contributed by atoms with Crippen LogP contribution in [0.2, 0.25) is 0 Å². The number of thioether (sulfide) groups is 1. The van der Waals surface area contributed by atoms with E-state index in [9.17, 15) is 4.79 Å². The number of hydrogen-bond donors (Lipinski definition) is 1. The summed E-state index contributed by atoms with van der Waals surface area (Å²) in [6.07, 6.45) is 2.70. The number of carbonyl (C=O) groups excluding carboxylic acids is 1. The molecule has 0 radical (unpaired) electrons. The second-order valence-corrected chi connectivity index (χ2v) is 4.40. The second kappa shape index (κ2) is 7.06. The summed E-state index contributed by atoms with van der Waals surface area (Å²) < 4.78 is 10.5. The van der Waals surface area contributed by atoms with E-state index in [1.165, 1.54) is 0 Å². The Morgan fingerprint density at radius 1 is 1.41 bits per heavy atom. The Morgan fingerprint density at radius 2 is 2.18 bits per heavy atom. The summed E-state index contributed by atoms with van der Waals surface area (Å²) in [6, 6.07) is 5.66. The summed E-state index contributed by atoms with van der Waals surface area (Å²) in [5, 5.41) is 2.83. The number of hydrogen-bond acceptors (Lipinski definition) is 4. The number of nitrogens with one attached hydrogen (secondary N) is 1. The van der Waals surface area contributed by atoms with Crippen LogP contribution in [-0.2, 0) is 4.79 Å². The van der Waals surface area contributed by atoms with E-state index in [0.29, 0.717) is 13.0 Å². The fourth-order valence-corrected chi connectivity index (χ4v) is 2.27. The van der Waals surface area contributed by atoms with E-state index >= 15 is 0 Å². The number of ether oxygens (including phenoxy) is 2. The van der Waals surface area contributed by atoms with Crippen molar-refractivity contribution in [2.24, 2.45) is 0 Å². The summed E-state index contributed by atoms with van der Waals surface area (Å²) >= 11 is 1.65. The van der Waals surface area contributed by atoms with Crippen molar-refractivity contribution in [1.29, 1.82) is 0 Å². The Balaban J connectivity index is 3.01. The van der Waals surface area contributed by atoms with Crippen molar-refractivity contribution in [2.75, 3.05) is 27.0 Å². The molecule has 4 nitrogen and oxygen atoms in total. The summed E-state index contributed by atoms with van der Waals surface area (Å²) in [5.74, 6) is 1.59. The van der Waals surface area contributed by atoms with Gasteiger partial charge < -0.3 is 14.8 Å². The summed E-state index contributed by atoms with van der Waals surface area (Å²) in [7, 11) is 3.26. The minimum atomic E-state index is 0.144. The number of rotatable bonds is 7. The summed E-state index contributed by atoms with van der Waals surface area (Å²) in [5.41, 5.74) is 1.02. The van der Waals surface area contributed by atoms with Gasteiger partial charge in [-0.2, -0.15) is 11.8 Å². The van der Waals surface area contributed by atoms with Gasteiger partial charge in [-0.05, 0) is 24.5 Å². The monoisotopic (exact) mass is 255 g/mol. The smallest absolute Gasteiger partial charge is 0.207 e. The first-order chi connectivity index (χ1) is 8.26. The third-order valence-corrected chi connectivity index (χ3v) is 3.44. The van der Waals surface area contributed by atoms with Gasteiger partial charge in [0.1, 0.15) is 11.5 Å². The number of methoxy groups -OCH3 is 2. The molecule has 0 aliphatic carbocycles. The van der Waals surface area contributed by atoms with E-state index in [-0.39, 0.29) is 5.25 Å². The van der Waals surface area contributed by atoms with Crippen molar-refractivity contribution in [2.45, 2.75) is 5.25 Å². The molecule has 0 saturated heterocycles. The van der Waals surface area contributed by atoms with Crippen molar-refractivity contribution in [1.82, 2.24) is 5.32 Å². The molecule has 17 heavy (non-hydrogen) atoms. The van der Waals surface area contributed by atoms with E-state index in [0.717, 1.165) is 17.1 Å². The third-order valence-electron chi connectivity index (χ3n) is 2.45. The first-order valence-electron chi connectivity index (χ1n) is 5.18. The van der Waals surface area contributed by atoms with E-state index < -0.39 is 0 Å². The Labute approximate surface area is 106 Å². The minimum absolute atomic E-state index is 0.144. The Kier molecular flexibility index (Phi) is 5.69. The van der Waals surface area contributed by atoms with Gasteiger partial charge in [0, 0.05) is 12.1 Å². The zero-order valence-corrected chi connectivity index (χ0v) is 11.0. The van der Waals surface area contributed by atoms with Gasteiger partial charge in [0.25, 0.3) is 0 Å². The van der Waals surface area contributed by atoms with Gasteiger partial charge in [-0.25, -0.2) is 0 Å². The maximum Gasteiger partial charge on any atom is 0.207 e. The van der Waals surface area contributed by atoms with Gasteiger partial charge in [-0.15, -0.1) is 0 Å². The van der Waals surface area contributed by atoms with Crippen LogP contribution in [0.3, 0.4) is 0 Å². The van der Waals surface area contributed by atoms with Crippen molar-refractivity contribution < 1.29 is 14.3 Å². The summed E-state index contributed by atoms with van der Waals surface area (Å²) in [6.45, 7) is 0.564. The molecule has 1 rings (SSSR count). The SMILES string of the molecule is COc1ccc(OC)c(C(CNC=O)SC)c1. The maximum absolute atomic E-state index is 10.4. The highest BCUT2D eigenvalue weighted by molar-refractivity contribution is 7.98. The molecule has 0 aromatic heterocycles. The first-order valence-corrected chi connectivity index (χ1v) is 6.47. The fourth-order valence-electron chi connectivity index (χ4n) is 1.57. The van der Waals surface area contributed by atoms with Crippen LogP contribution in [-0.4, -0.2) is 33.4 Å². The van der Waals surface area contributed by atoms with Crippen molar-refractivity contribution in [3.8, 4) is 11.5 Å². The molecule has 1 unspecified atom stereocenters. The van der Waals surface area contributed by atoms with Crippen LogP contribution in [0.1, 0.15) is 10.8 Å². The van der Waals surface area contributed by atoms with Crippen LogP contribution in [0.25, 0.3) is 0 Å². The van der Waals surface area contributed by atoms with E-state index in [1.54, 1.807) is 26.0 Å². The standard InChI is InChI=1S/C12H17NO3S/c1-15-9-4-5-11(16-2)10(6-9)12(17-3)7-13-8-14/h4-6,8,12H,7H2,1-3H3,(H,13,14). The van der Waals surface area contributed by atoms with E-state index in [4.69, 9.17) is 9.47 Å². The quantitative estimate of drug-likeness (QED) is 0.755. The zero-order valence-electron chi connectivity index (χ0n) is 10.2. The van der Waals surface area contributed by atoms with Gasteiger partial charge >= 0.3 is 0 Å². The maximum atomic E-state index is 10.4. The van der Waals surface area contributed by atoms with Crippen molar-refractivity contribution in [3.63, 3.8) is 0 Å². The predicted octanol–water partition coefficient (Wildman–Crippen LogP) is 1.85. The van der Waals surface area contributed by atoms with Gasteiger partial charge in [-0.1, -0.05) is 0 Å². The molecule has 1 atom stereocenters. The van der Waals surface area contributed by atoms with Crippen LogP contribution >= 0.6 is 11.8 Å². The molecule has 0 bridgehead atoms. The molecular weight excluding hydrogens is 238 g/mol. The highest BCUT2D eigenvalue weighted by atomic mass is 32.2. The minimum Gasteiger partial charge on any atom is -0.497 e. The van der Waals surface area contributed by atoms with Gasteiger partial charge in [0.2, 0.25) is 6.41 Å². The molecule has 1 amide bonds. The molecule has 1 N–H and O–H groups in total. The molecule has 5 heteroatoms.